The van der Waals surface area contributed by atoms with Gasteiger partial charge in [0.2, 0.25) is 0 Å². The fourth-order valence-corrected chi connectivity index (χ4v) is 0.413. The zero-order chi connectivity index (χ0) is 9.94. The number of ether oxygens (including phenoxy) is 1. The SMILES string of the molecule is C=C(C)C(=O)OC(C)C(C)(C)N.Cl. The van der Waals surface area contributed by atoms with Gasteiger partial charge >= 0.3 is 5.97 Å². The van der Waals surface area contributed by atoms with Crippen LogP contribution in [0.4, 0.5) is 0 Å². The van der Waals surface area contributed by atoms with E-state index in [1.54, 1.807) is 13.8 Å². The molecule has 0 aliphatic carbocycles. The normalized spacial score (nSPS) is 12.7. The molecule has 2 N–H and O–H groups in total. The number of carbonyl (C=O) groups is 1. The first-order valence-electron chi connectivity index (χ1n) is 3.90. The number of esters is 1. The first kappa shape index (κ1) is 15.0. The summed E-state index contributed by atoms with van der Waals surface area (Å²) in [7, 11) is 0. The van der Waals surface area contributed by atoms with Gasteiger partial charge in [-0.2, -0.15) is 0 Å². The van der Waals surface area contributed by atoms with E-state index in [1.165, 1.54) is 0 Å². The second-order valence-electron chi connectivity index (χ2n) is 3.65. The maximum Gasteiger partial charge on any atom is 0.333 e. The Morgan fingerprint density at radius 3 is 2.15 bits per heavy atom. The molecule has 0 aromatic rings. The molecule has 4 heteroatoms. The van der Waals surface area contributed by atoms with Crippen molar-refractivity contribution in [3.63, 3.8) is 0 Å². The van der Waals surface area contributed by atoms with Gasteiger partial charge in [0.25, 0.3) is 0 Å². The van der Waals surface area contributed by atoms with Crippen LogP contribution in [-0.4, -0.2) is 17.6 Å². The molecule has 3 nitrogen and oxygen atoms in total. The fourth-order valence-electron chi connectivity index (χ4n) is 0.413. The van der Waals surface area contributed by atoms with Crippen molar-refractivity contribution in [2.75, 3.05) is 0 Å². The van der Waals surface area contributed by atoms with E-state index in [2.05, 4.69) is 6.58 Å². The number of hydrogen-bond donors (Lipinski definition) is 1. The lowest BCUT2D eigenvalue weighted by Crippen LogP contribution is -2.45. The van der Waals surface area contributed by atoms with E-state index in [0.717, 1.165) is 0 Å². The van der Waals surface area contributed by atoms with Crippen LogP contribution in [0.5, 0.6) is 0 Å². The largest absolute Gasteiger partial charge is 0.457 e. The van der Waals surface area contributed by atoms with E-state index in [-0.39, 0.29) is 24.5 Å². The van der Waals surface area contributed by atoms with Crippen molar-refractivity contribution in [3.05, 3.63) is 12.2 Å². The highest BCUT2D eigenvalue weighted by atomic mass is 35.5. The Kier molecular flexibility index (Phi) is 6.04. The van der Waals surface area contributed by atoms with E-state index in [0.29, 0.717) is 5.57 Å². The Hall–Kier alpha value is -0.540. The van der Waals surface area contributed by atoms with Gasteiger partial charge in [0.1, 0.15) is 6.10 Å². The van der Waals surface area contributed by atoms with Crippen LogP contribution in [0.25, 0.3) is 0 Å². The lowest BCUT2D eigenvalue weighted by molar-refractivity contribution is -0.146. The molecule has 0 amide bonds. The quantitative estimate of drug-likeness (QED) is 0.566. The van der Waals surface area contributed by atoms with Crippen LogP contribution in [-0.2, 0) is 9.53 Å². The highest BCUT2D eigenvalue weighted by Crippen LogP contribution is 2.10. The van der Waals surface area contributed by atoms with Crippen LogP contribution in [0.15, 0.2) is 12.2 Å². The topological polar surface area (TPSA) is 52.3 Å². The summed E-state index contributed by atoms with van der Waals surface area (Å²) < 4.78 is 5.01. The van der Waals surface area contributed by atoms with Crippen molar-refractivity contribution in [3.8, 4) is 0 Å². The molecule has 0 rings (SSSR count). The molecule has 78 valence electrons. The molecule has 13 heavy (non-hydrogen) atoms. The van der Waals surface area contributed by atoms with Gasteiger partial charge in [-0.15, -0.1) is 12.4 Å². The van der Waals surface area contributed by atoms with E-state index in [1.807, 2.05) is 13.8 Å². The zero-order valence-corrected chi connectivity index (χ0v) is 9.40. The summed E-state index contributed by atoms with van der Waals surface area (Å²) in [6.07, 6.45) is -0.304. The zero-order valence-electron chi connectivity index (χ0n) is 8.59. The van der Waals surface area contributed by atoms with E-state index in [4.69, 9.17) is 10.5 Å². The van der Waals surface area contributed by atoms with Gasteiger partial charge in [-0.1, -0.05) is 6.58 Å². The van der Waals surface area contributed by atoms with Crippen molar-refractivity contribution >= 4 is 18.4 Å². The minimum absolute atomic E-state index is 0. The van der Waals surface area contributed by atoms with Crippen LogP contribution >= 0.6 is 12.4 Å². The standard InChI is InChI=1S/C9H17NO2.ClH/c1-6(2)8(11)12-7(3)9(4,5)10;/h7H,1,10H2,2-5H3;1H. The Balaban J connectivity index is 0. The van der Waals surface area contributed by atoms with Crippen molar-refractivity contribution in [1.82, 2.24) is 0 Å². The van der Waals surface area contributed by atoms with E-state index < -0.39 is 5.54 Å². The Morgan fingerprint density at radius 1 is 1.54 bits per heavy atom. The van der Waals surface area contributed by atoms with Crippen molar-refractivity contribution in [2.45, 2.75) is 39.3 Å². The van der Waals surface area contributed by atoms with Gasteiger partial charge in [0, 0.05) is 11.1 Å². The third-order valence-electron chi connectivity index (χ3n) is 1.68. The van der Waals surface area contributed by atoms with Gasteiger partial charge in [-0.3, -0.25) is 0 Å². The van der Waals surface area contributed by atoms with Crippen LogP contribution in [0.3, 0.4) is 0 Å². The van der Waals surface area contributed by atoms with Gasteiger partial charge in [-0.25, -0.2) is 4.79 Å². The molecule has 0 saturated carbocycles. The second kappa shape index (κ2) is 5.25. The molecule has 0 bridgehead atoms. The van der Waals surface area contributed by atoms with E-state index >= 15 is 0 Å². The first-order valence-corrected chi connectivity index (χ1v) is 3.90. The Labute approximate surface area is 85.7 Å². The minimum atomic E-state index is -0.509. The molecule has 0 heterocycles. The molecule has 0 aromatic carbocycles. The van der Waals surface area contributed by atoms with Crippen LogP contribution < -0.4 is 5.73 Å². The third kappa shape index (κ3) is 5.66. The van der Waals surface area contributed by atoms with Crippen molar-refractivity contribution in [1.29, 1.82) is 0 Å². The highest BCUT2D eigenvalue weighted by molar-refractivity contribution is 5.87. The van der Waals surface area contributed by atoms with Gasteiger partial charge < -0.3 is 10.5 Å². The average Bonchev–Trinajstić information content (AvgIpc) is 1.85. The number of carbonyl (C=O) groups excluding carboxylic acids is 1. The number of rotatable bonds is 3. The molecule has 0 aliphatic rings. The molecule has 1 atom stereocenters. The summed E-state index contributed by atoms with van der Waals surface area (Å²) in [5.74, 6) is -0.388. The first-order chi connectivity index (χ1) is 5.25. The maximum absolute atomic E-state index is 11.0. The number of halogens is 1. The highest BCUT2D eigenvalue weighted by Gasteiger charge is 2.24. The van der Waals surface area contributed by atoms with Crippen LogP contribution in [0, 0.1) is 0 Å². The predicted molar refractivity (Wildman–Crippen MR) is 55.9 cm³/mol. The van der Waals surface area contributed by atoms with Crippen molar-refractivity contribution < 1.29 is 9.53 Å². The van der Waals surface area contributed by atoms with Gasteiger partial charge in [-0.05, 0) is 27.7 Å². The fraction of sp³-hybridized carbons (Fsp3) is 0.667. The molecule has 0 radical (unpaired) electrons. The predicted octanol–water partition coefficient (Wildman–Crippen LogP) is 1.65. The minimum Gasteiger partial charge on any atom is -0.457 e. The van der Waals surface area contributed by atoms with E-state index in [9.17, 15) is 4.79 Å². The smallest absolute Gasteiger partial charge is 0.333 e. The second-order valence-corrected chi connectivity index (χ2v) is 3.65. The molecule has 0 fully saturated rings. The molecule has 1 unspecified atom stereocenters. The summed E-state index contributed by atoms with van der Waals surface area (Å²) in [4.78, 5) is 11.0. The summed E-state index contributed by atoms with van der Waals surface area (Å²) in [5.41, 5.74) is 5.61. The molecule has 0 aliphatic heterocycles. The molecular formula is C9H18ClNO2. The number of nitrogens with two attached hydrogens (primary N) is 1. The summed E-state index contributed by atoms with van der Waals surface area (Å²) in [6, 6.07) is 0. The lowest BCUT2D eigenvalue weighted by atomic mass is 10.0. The van der Waals surface area contributed by atoms with Crippen LogP contribution in [0.1, 0.15) is 27.7 Å². The van der Waals surface area contributed by atoms with Crippen LogP contribution in [0.2, 0.25) is 0 Å². The summed E-state index contributed by atoms with van der Waals surface area (Å²) in [6.45, 7) is 10.5. The number of hydrogen-bond acceptors (Lipinski definition) is 3. The lowest BCUT2D eigenvalue weighted by Gasteiger charge is -2.26. The molecule has 0 spiro atoms. The maximum atomic E-state index is 11.0. The monoisotopic (exact) mass is 207 g/mol. The Morgan fingerprint density at radius 2 is 1.92 bits per heavy atom. The average molecular weight is 208 g/mol. The molecular weight excluding hydrogens is 190 g/mol. The summed E-state index contributed by atoms with van der Waals surface area (Å²) >= 11 is 0. The third-order valence-corrected chi connectivity index (χ3v) is 1.68. The Bertz CT molecular complexity index is 196. The molecule has 0 saturated heterocycles. The molecule has 0 aromatic heterocycles. The van der Waals surface area contributed by atoms with Gasteiger partial charge in [0.15, 0.2) is 0 Å². The summed E-state index contributed by atoms with van der Waals surface area (Å²) in [5, 5.41) is 0. The van der Waals surface area contributed by atoms with Gasteiger partial charge in [0.05, 0.1) is 0 Å². The van der Waals surface area contributed by atoms with Crippen molar-refractivity contribution in [2.24, 2.45) is 5.73 Å².